The number of furan rings is 1. The van der Waals surface area contributed by atoms with Gasteiger partial charge >= 0.3 is 0 Å². The molecule has 0 unspecified atom stereocenters. The Morgan fingerprint density at radius 2 is 1.90 bits per heavy atom. The number of hydrogen-bond donors (Lipinski definition) is 1. The van der Waals surface area contributed by atoms with Gasteiger partial charge in [0, 0.05) is 37.4 Å². The topological polar surface area (TPSA) is 28.4 Å². The van der Waals surface area contributed by atoms with Crippen LogP contribution in [-0.4, -0.2) is 13.1 Å². The number of rotatable bonds is 6. The van der Waals surface area contributed by atoms with Crippen LogP contribution in [0.25, 0.3) is 0 Å². The van der Waals surface area contributed by atoms with Crippen LogP contribution in [0.1, 0.15) is 30.7 Å². The van der Waals surface area contributed by atoms with E-state index in [-0.39, 0.29) is 0 Å². The van der Waals surface area contributed by atoms with Gasteiger partial charge in [0.05, 0.1) is 6.26 Å². The maximum Gasteiger partial charge on any atom is 0.105 e. The van der Waals surface area contributed by atoms with Gasteiger partial charge in [-0.1, -0.05) is 32.0 Å². The maximum absolute atomic E-state index is 5.37. The Hall–Kier alpha value is -1.74. The number of nitrogens with one attached hydrogen (secondary N) is 1. The summed E-state index contributed by atoms with van der Waals surface area (Å²) in [5.41, 5.74) is 3.82. The Kier molecular flexibility index (Phi) is 4.85. The molecule has 0 saturated carbocycles. The first kappa shape index (κ1) is 14.7. The largest absolute Gasteiger partial charge is 0.469 e. The van der Waals surface area contributed by atoms with Gasteiger partial charge in [-0.05, 0) is 24.6 Å². The standard InChI is InChI=1S/C17H24N2O/c1-13(2)18-11-15-7-5-6-8-17(15)19(4)12-16-9-10-20-14(16)3/h5-10,13,18H,11-12H2,1-4H3. The van der Waals surface area contributed by atoms with E-state index >= 15 is 0 Å². The van der Waals surface area contributed by atoms with E-state index in [0.29, 0.717) is 6.04 Å². The van der Waals surface area contributed by atoms with Crippen molar-refractivity contribution in [3.63, 3.8) is 0 Å². The summed E-state index contributed by atoms with van der Waals surface area (Å²) in [5.74, 6) is 0.995. The normalized spacial score (nSPS) is 11.1. The van der Waals surface area contributed by atoms with Gasteiger partial charge in [-0.3, -0.25) is 0 Å². The summed E-state index contributed by atoms with van der Waals surface area (Å²) in [6.07, 6.45) is 1.75. The Bertz CT molecular complexity index is 545. The average Bonchev–Trinajstić information content (AvgIpc) is 2.82. The van der Waals surface area contributed by atoms with Crippen LogP contribution >= 0.6 is 0 Å². The molecular weight excluding hydrogens is 248 g/mol. The molecule has 1 aromatic carbocycles. The number of nitrogens with zero attached hydrogens (tertiary/aromatic N) is 1. The SMILES string of the molecule is Cc1occc1CN(C)c1ccccc1CNC(C)C. The number of para-hydroxylation sites is 1. The van der Waals surface area contributed by atoms with Crippen LogP contribution in [-0.2, 0) is 13.1 Å². The molecule has 0 fully saturated rings. The summed E-state index contributed by atoms with van der Waals surface area (Å²) in [6, 6.07) is 11.1. The lowest BCUT2D eigenvalue weighted by Crippen LogP contribution is -2.24. The molecule has 0 bridgehead atoms. The highest BCUT2D eigenvalue weighted by Gasteiger charge is 2.10. The second-order valence-electron chi connectivity index (χ2n) is 5.52. The van der Waals surface area contributed by atoms with Crippen LogP contribution in [0.15, 0.2) is 41.0 Å². The van der Waals surface area contributed by atoms with Crippen LogP contribution in [0.4, 0.5) is 5.69 Å². The summed E-state index contributed by atoms with van der Waals surface area (Å²) < 4.78 is 5.37. The molecule has 0 aliphatic rings. The van der Waals surface area contributed by atoms with Crippen molar-refractivity contribution >= 4 is 5.69 Å². The Morgan fingerprint density at radius 1 is 1.15 bits per heavy atom. The van der Waals surface area contributed by atoms with Crippen LogP contribution in [0.3, 0.4) is 0 Å². The Balaban J connectivity index is 2.12. The van der Waals surface area contributed by atoms with E-state index in [2.05, 4.69) is 55.4 Å². The predicted octanol–water partition coefficient (Wildman–Crippen LogP) is 3.72. The van der Waals surface area contributed by atoms with Gasteiger partial charge in [0.25, 0.3) is 0 Å². The molecule has 1 aromatic heterocycles. The minimum absolute atomic E-state index is 0.490. The first-order valence-corrected chi connectivity index (χ1v) is 7.13. The van der Waals surface area contributed by atoms with Gasteiger partial charge in [-0.15, -0.1) is 0 Å². The second kappa shape index (κ2) is 6.62. The van der Waals surface area contributed by atoms with Crippen molar-refractivity contribution in [2.24, 2.45) is 0 Å². The van der Waals surface area contributed by atoms with Crippen LogP contribution in [0.2, 0.25) is 0 Å². The lowest BCUT2D eigenvalue weighted by atomic mass is 10.1. The summed E-state index contributed by atoms with van der Waals surface area (Å²) in [4.78, 5) is 2.27. The minimum atomic E-state index is 0.490. The molecule has 3 heteroatoms. The number of aryl methyl sites for hydroxylation is 1. The van der Waals surface area contributed by atoms with E-state index in [0.717, 1.165) is 18.8 Å². The van der Waals surface area contributed by atoms with Gasteiger partial charge in [-0.25, -0.2) is 0 Å². The molecular formula is C17H24N2O. The molecule has 1 heterocycles. The molecule has 0 amide bonds. The van der Waals surface area contributed by atoms with E-state index in [1.54, 1.807) is 6.26 Å². The Labute approximate surface area is 121 Å². The lowest BCUT2D eigenvalue weighted by Gasteiger charge is -2.23. The lowest BCUT2D eigenvalue weighted by molar-refractivity contribution is 0.529. The third kappa shape index (κ3) is 3.64. The molecule has 108 valence electrons. The van der Waals surface area contributed by atoms with E-state index < -0.39 is 0 Å². The monoisotopic (exact) mass is 272 g/mol. The van der Waals surface area contributed by atoms with Crippen molar-refractivity contribution in [2.45, 2.75) is 39.9 Å². The second-order valence-corrected chi connectivity index (χ2v) is 5.52. The van der Waals surface area contributed by atoms with Crippen molar-refractivity contribution in [3.8, 4) is 0 Å². The zero-order chi connectivity index (χ0) is 14.5. The zero-order valence-electron chi connectivity index (χ0n) is 12.8. The van der Waals surface area contributed by atoms with Crippen molar-refractivity contribution in [1.82, 2.24) is 5.32 Å². The zero-order valence-corrected chi connectivity index (χ0v) is 12.8. The molecule has 2 rings (SSSR count). The molecule has 0 radical (unpaired) electrons. The summed E-state index contributed by atoms with van der Waals surface area (Å²) in [6.45, 7) is 8.10. The van der Waals surface area contributed by atoms with E-state index in [1.807, 2.05) is 13.0 Å². The number of anilines is 1. The first-order chi connectivity index (χ1) is 9.58. The summed E-state index contributed by atoms with van der Waals surface area (Å²) in [5, 5.41) is 3.48. The molecule has 20 heavy (non-hydrogen) atoms. The van der Waals surface area contributed by atoms with Gasteiger partial charge in [0.15, 0.2) is 0 Å². The van der Waals surface area contributed by atoms with Crippen molar-refractivity contribution in [3.05, 3.63) is 53.5 Å². The summed E-state index contributed by atoms with van der Waals surface area (Å²) >= 11 is 0. The van der Waals surface area contributed by atoms with Crippen molar-refractivity contribution < 1.29 is 4.42 Å². The van der Waals surface area contributed by atoms with Crippen molar-refractivity contribution in [2.75, 3.05) is 11.9 Å². The van der Waals surface area contributed by atoms with Gasteiger partial charge < -0.3 is 14.6 Å². The number of hydrogen-bond acceptors (Lipinski definition) is 3. The highest BCUT2D eigenvalue weighted by Crippen LogP contribution is 2.22. The third-order valence-corrected chi connectivity index (χ3v) is 3.48. The highest BCUT2D eigenvalue weighted by molar-refractivity contribution is 5.53. The average molecular weight is 272 g/mol. The highest BCUT2D eigenvalue weighted by atomic mass is 16.3. The number of benzene rings is 1. The molecule has 0 aliphatic heterocycles. The Morgan fingerprint density at radius 3 is 2.55 bits per heavy atom. The quantitative estimate of drug-likeness (QED) is 0.868. The predicted molar refractivity (Wildman–Crippen MR) is 84.0 cm³/mol. The molecule has 0 saturated heterocycles. The van der Waals surface area contributed by atoms with Gasteiger partial charge in [0.1, 0.15) is 5.76 Å². The fourth-order valence-corrected chi connectivity index (χ4v) is 2.26. The molecule has 0 aliphatic carbocycles. The van der Waals surface area contributed by atoms with Gasteiger partial charge in [-0.2, -0.15) is 0 Å². The van der Waals surface area contributed by atoms with Crippen molar-refractivity contribution in [1.29, 1.82) is 0 Å². The molecule has 2 aromatic rings. The third-order valence-electron chi connectivity index (χ3n) is 3.48. The fourth-order valence-electron chi connectivity index (χ4n) is 2.26. The van der Waals surface area contributed by atoms with E-state index in [9.17, 15) is 0 Å². The molecule has 0 atom stereocenters. The van der Waals surface area contributed by atoms with E-state index in [4.69, 9.17) is 4.42 Å². The maximum atomic E-state index is 5.37. The van der Waals surface area contributed by atoms with Crippen LogP contribution in [0, 0.1) is 6.92 Å². The van der Waals surface area contributed by atoms with Crippen LogP contribution in [0.5, 0.6) is 0 Å². The summed E-state index contributed by atoms with van der Waals surface area (Å²) in [7, 11) is 2.13. The molecule has 1 N–H and O–H groups in total. The van der Waals surface area contributed by atoms with E-state index in [1.165, 1.54) is 16.8 Å². The smallest absolute Gasteiger partial charge is 0.105 e. The molecule has 3 nitrogen and oxygen atoms in total. The fraction of sp³-hybridized carbons (Fsp3) is 0.412. The molecule has 0 spiro atoms. The van der Waals surface area contributed by atoms with Gasteiger partial charge in [0.2, 0.25) is 0 Å². The first-order valence-electron chi connectivity index (χ1n) is 7.13. The minimum Gasteiger partial charge on any atom is -0.469 e. The van der Waals surface area contributed by atoms with Crippen LogP contribution < -0.4 is 10.2 Å².